The van der Waals surface area contributed by atoms with Gasteiger partial charge >= 0.3 is 0 Å². The van der Waals surface area contributed by atoms with Gasteiger partial charge in [0.15, 0.2) is 0 Å². The van der Waals surface area contributed by atoms with Crippen molar-refractivity contribution in [2.75, 3.05) is 13.2 Å². The molecule has 0 unspecified atom stereocenters. The van der Waals surface area contributed by atoms with Crippen LogP contribution in [0, 0.1) is 12.7 Å². The summed E-state index contributed by atoms with van der Waals surface area (Å²) in [5.74, 6) is 0.157. The van der Waals surface area contributed by atoms with Gasteiger partial charge in [-0.1, -0.05) is 0 Å². The molecule has 0 N–H and O–H groups in total. The minimum Gasteiger partial charge on any atom is -0.469 e. The molecule has 0 aliphatic carbocycles. The molecular weight excluding hydrogens is 173 g/mol. The van der Waals surface area contributed by atoms with Crippen molar-refractivity contribution in [3.8, 4) is 5.88 Å². The quantitative estimate of drug-likeness (QED) is 0.692. The molecule has 0 amide bonds. The number of halogens is 1. The van der Waals surface area contributed by atoms with Crippen LogP contribution in [0.5, 0.6) is 5.88 Å². The second kappa shape index (κ2) is 3.30. The van der Waals surface area contributed by atoms with Crippen LogP contribution in [0.15, 0.2) is 12.3 Å². The number of hydrogen-bond donors (Lipinski definition) is 0. The van der Waals surface area contributed by atoms with Gasteiger partial charge in [0, 0.05) is 6.07 Å². The SMILES string of the molecule is Cc1cc(OC2COC2)ncc1F. The first-order valence-corrected chi connectivity index (χ1v) is 4.12. The van der Waals surface area contributed by atoms with Crippen LogP contribution >= 0.6 is 0 Å². The Morgan fingerprint density at radius 1 is 1.62 bits per heavy atom. The Hall–Kier alpha value is -1.16. The van der Waals surface area contributed by atoms with Gasteiger partial charge in [-0.05, 0) is 12.5 Å². The van der Waals surface area contributed by atoms with Crippen molar-refractivity contribution in [1.29, 1.82) is 0 Å². The van der Waals surface area contributed by atoms with E-state index in [1.54, 1.807) is 13.0 Å². The Morgan fingerprint density at radius 2 is 2.38 bits per heavy atom. The molecule has 0 aromatic carbocycles. The van der Waals surface area contributed by atoms with Crippen LogP contribution in [0.25, 0.3) is 0 Å². The van der Waals surface area contributed by atoms with E-state index in [0.29, 0.717) is 24.7 Å². The third kappa shape index (κ3) is 1.78. The number of nitrogens with zero attached hydrogens (tertiary/aromatic N) is 1. The maximum Gasteiger partial charge on any atom is 0.214 e. The zero-order valence-corrected chi connectivity index (χ0v) is 7.29. The minimum absolute atomic E-state index is 0.0809. The first-order valence-electron chi connectivity index (χ1n) is 4.12. The van der Waals surface area contributed by atoms with Gasteiger partial charge in [0.2, 0.25) is 5.88 Å². The van der Waals surface area contributed by atoms with E-state index in [-0.39, 0.29) is 11.9 Å². The summed E-state index contributed by atoms with van der Waals surface area (Å²) in [6.07, 6.45) is 1.25. The van der Waals surface area contributed by atoms with Crippen LogP contribution in [0.3, 0.4) is 0 Å². The summed E-state index contributed by atoms with van der Waals surface area (Å²) in [6, 6.07) is 1.59. The highest BCUT2D eigenvalue weighted by Gasteiger charge is 2.20. The molecule has 0 atom stereocenters. The molecule has 2 heterocycles. The lowest BCUT2D eigenvalue weighted by Crippen LogP contribution is -2.38. The average molecular weight is 183 g/mol. The summed E-state index contributed by atoms with van der Waals surface area (Å²) in [4.78, 5) is 3.81. The molecule has 0 radical (unpaired) electrons. The number of hydrogen-bond acceptors (Lipinski definition) is 3. The molecule has 13 heavy (non-hydrogen) atoms. The van der Waals surface area contributed by atoms with Gasteiger partial charge in [0.05, 0.1) is 19.4 Å². The van der Waals surface area contributed by atoms with E-state index in [0.717, 1.165) is 0 Å². The average Bonchev–Trinajstić information content (AvgIpc) is 2.04. The molecule has 0 bridgehead atoms. The van der Waals surface area contributed by atoms with Crippen LogP contribution in [-0.4, -0.2) is 24.3 Å². The maximum atomic E-state index is 12.8. The maximum absolute atomic E-state index is 12.8. The highest BCUT2D eigenvalue weighted by Crippen LogP contribution is 2.15. The van der Waals surface area contributed by atoms with Crippen LogP contribution in [-0.2, 0) is 4.74 Å². The number of aromatic nitrogens is 1. The molecule has 70 valence electrons. The molecule has 2 rings (SSSR count). The lowest BCUT2D eigenvalue weighted by molar-refractivity contribution is -0.0813. The third-order valence-electron chi connectivity index (χ3n) is 1.92. The van der Waals surface area contributed by atoms with Crippen molar-refractivity contribution in [2.45, 2.75) is 13.0 Å². The van der Waals surface area contributed by atoms with Crippen molar-refractivity contribution >= 4 is 0 Å². The molecule has 1 aliphatic heterocycles. The van der Waals surface area contributed by atoms with Crippen molar-refractivity contribution in [3.63, 3.8) is 0 Å². The standard InChI is InChI=1S/C9H10FNO2/c1-6-2-9(11-3-8(6)10)13-7-4-12-5-7/h2-3,7H,4-5H2,1H3. The zero-order chi connectivity index (χ0) is 9.26. The largest absolute Gasteiger partial charge is 0.469 e. The van der Waals surface area contributed by atoms with Gasteiger partial charge in [-0.15, -0.1) is 0 Å². The smallest absolute Gasteiger partial charge is 0.214 e. The Morgan fingerprint density at radius 3 is 2.92 bits per heavy atom. The van der Waals surface area contributed by atoms with Crippen LogP contribution in [0.4, 0.5) is 4.39 Å². The van der Waals surface area contributed by atoms with Crippen LogP contribution in [0.1, 0.15) is 5.56 Å². The number of ether oxygens (including phenoxy) is 2. The predicted octanol–water partition coefficient (Wildman–Crippen LogP) is 1.31. The topological polar surface area (TPSA) is 31.4 Å². The fourth-order valence-corrected chi connectivity index (χ4v) is 1.03. The molecule has 1 fully saturated rings. The molecule has 1 saturated heterocycles. The summed E-state index contributed by atoms with van der Waals surface area (Å²) >= 11 is 0. The highest BCUT2D eigenvalue weighted by molar-refractivity contribution is 5.20. The lowest BCUT2D eigenvalue weighted by Gasteiger charge is -2.26. The summed E-state index contributed by atoms with van der Waals surface area (Å²) in [5.41, 5.74) is 0.547. The Bertz CT molecular complexity index is 312. The van der Waals surface area contributed by atoms with Crippen molar-refractivity contribution in [3.05, 3.63) is 23.6 Å². The van der Waals surface area contributed by atoms with Gasteiger partial charge in [-0.25, -0.2) is 9.37 Å². The molecule has 4 heteroatoms. The molecule has 3 nitrogen and oxygen atoms in total. The summed E-state index contributed by atoms with van der Waals surface area (Å²) in [5, 5.41) is 0. The molecule has 0 saturated carbocycles. The van der Waals surface area contributed by atoms with E-state index >= 15 is 0 Å². The van der Waals surface area contributed by atoms with E-state index in [1.165, 1.54) is 6.20 Å². The monoisotopic (exact) mass is 183 g/mol. The lowest BCUT2D eigenvalue weighted by atomic mass is 10.3. The number of pyridine rings is 1. The minimum atomic E-state index is -0.308. The van der Waals surface area contributed by atoms with E-state index in [9.17, 15) is 4.39 Å². The second-order valence-corrected chi connectivity index (χ2v) is 3.05. The van der Waals surface area contributed by atoms with Gasteiger partial charge in [0.1, 0.15) is 11.9 Å². The molecule has 1 aromatic heterocycles. The fraction of sp³-hybridized carbons (Fsp3) is 0.444. The first kappa shape index (κ1) is 8.44. The normalized spacial score (nSPS) is 16.8. The van der Waals surface area contributed by atoms with Gasteiger partial charge in [-0.3, -0.25) is 0 Å². The Kier molecular flexibility index (Phi) is 2.14. The van der Waals surface area contributed by atoms with Crippen molar-refractivity contribution in [1.82, 2.24) is 4.98 Å². The van der Waals surface area contributed by atoms with Crippen molar-refractivity contribution < 1.29 is 13.9 Å². The zero-order valence-electron chi connectivity index (χ0n) is 7.29. The summed E-state index contributed by atoms with van der Waals surface area (Å²) in [7, 11) is 0. The first-order chi connectivity index (χ1) is 6.25. The van der Waals surface area contributed by atoms with E-state index in [4.69, 9.17) is 9.47 Å². The van der Waals surface area contributed by atoms with Crippen LogP contribution in [0.2, 0.25) is 0 Å². The van der Waals surface area contributed by atoms with Gasteiger partial charge < -0.3 is 9.47 Å². The van der Waals surface area contributed by atoms with Gasteiger partial charge in [-0.2, -0.15) is 0 Å². The van der Waals surface area contributed by atoms with Crippen LogP contribution < -0.4 is 4.74 Å². The third-order valence-corrected chi connectivity index (χ3v) is 1.92. The second-order valence-electron chi connectivity index (χ2n) is 3.05. The molecule has 1 aromatic rings. The predicted molar refractivity (Wildman–Crippen MR) is 44.2 cm³/mol. The number of rotatable bonds is 2. The van der Waals surface area contributed by atoms with Gasteiger partial charge in [0.25, 0.3) is 0 Å². The summed E-state index contributed by atoms with van der Waals surface area (Å²) in [6.45, 7) is 2.87. The van der Waals surface area contributed by atoms with E-state index < -0.39 is 0 Å². The Balaban J connectivity index is 2.07. The van der Waals surface area contributed by atoms with E-state index in [2.05, 4.69) is 4.98 Å². The van der Waals surface area contributed by atoms with Crippen molar-refractivity contribution in [2.24, 2.45) is 0 Å². The highest BCUT2D eigenvalue weighted by atomic mass is 19.1. The fourth-order valence-electron chi connectivity index (χ4n) is 1.03. The summed E-state index contributed by atoms with van der Waals surface area (Å²) < 4.78 is 23.1. The Labute approximate surface area is 75.5 Å². The molecule has 1 aliphatic rings. The number of aryl methyl sites for hydroxylation is 1. The molecular formula is C9H10FNO2. The molecule has 0 spiro atoms. The van der Waals surface area contributed by atoms with E-state index in [1.807, 2.05) is 0 Å².